The number of halogens is 1. The van der Waals surface area contributed by atoms with Crippen molar-refractivity contribution in [2.24, 2.45) is 0 Å². The van der Waals surface area contributed by atoms with Crippen molar-refractivity contribution in [1.29, 1.82) is 0 Å². The minimum absolute atomic E-state index is 0.0288. The average molecular weight is 339 g/mol. The highest BCUT2D eigenvalue weighted by Crippen LogP contribution is 2.26. The highest BCUT2D eigenvalue weighted by molar-refractivity contribution is 9.10. The van der Waals surface area contributed by atoms with Crippen molar-refractivity contribution in [2.45, 2.75) is 24.0 Å². The molecule has 0 radical (unpaired) electrons. The van der Waals surface area contributed by atoms with E-state index in [1.54, 1.807) is 0 Å². The van der Waals surface area contributed by atoms with E-state index in [0.717, 1.165) is 13.0 Å². The molecule has 1 atom stereocenters. The summed E-state index contributed by atoms with van der Waals surface area (Å²) in [6.45, 7) is 1.24. The van der Waals surface area contributed by atoms with Gasteiger partial charge in [0.05, 0.1) is 0 Å². The Morgan fingerprint density at radius 3 is 2.89 bits per heavy atom. The number of sulfonamides is 1. The average Bonchev–Trinajstić information content (AvgIpc) is 2.84. The number of aliphatic hydroxyl groups is 1. The molecular formula is C10H15BrN2O4S. The highest BCUT2D eigenvalue weighted by atomic mass is 79.9. The molecule has 0 aromatic carbocycles. The zero-order valence-corrected chi connectivity index (χ0v) is 12.3. The fourth-order valence-corrected chi connectivity index (χ4v) is 4.23. The fourth-order valence-electron chi connectivity index (χ4n) is 1.97. The van der Waals surface area contributed by atoms with Crippen LogP contribution in [0.4, 0.5) is 0 Å². The van der Waals surface area contributed by atoms with E-state index in [0.29, 0.717) is 6.54 Å². The number of hydrogen-bond donors (Lipinski definition) is 2. The Balaban J connectivity index is 2.17. The second-order valence-electron chi connectivity index (χ2n) is 4.38. The van der Waals surface area contributed by atoms with E-state index in [-0.39, 0.29) is 28.0 Å². The van der Waals surface area contributed by atoms with Crippen molar-refractivity contribution >= 4 is 26.0 Å². The van der Waals surface area contributed by atoms with Gasteiger partial charge in [-0.1, -0.05) is 0 Å². The Hall–Kier alpha value is -0.410. The number of nitrogens with zero attached hydrogens (tertiary/aromatic N) is 1. The summed E-state index contributed by atoms with van der Waals surface area (Å²) in [6.07, 6.45) is 0.790. The largest absolute Gasteiger partial charge is 0.450 e. The molecule has 1 aromatic rings. The first-order chi connectivity index (χ1) is 8.42. The first-order valence-electron chi connectivity index (χ1n) is 5.52. The van der Waals surface area contributed by atoms with Gasteiger partial charge >= 0.3 is 0 Å². The predicted molar refractivity (Wildman–Crippen MR) is 68.6 cm³/mol. The zero-order chi connectivity index (χ0) is 13.3. The third-order valence-corrected chi connectivity index (χ3v) is 5.24. The summed E-state index contributed by atoms with van der Waals surface area (Å²) in [7, 11) is -1.67. The molecule has 1 fully saturated rings. The second-order valence-corrected chi connectivity index (χ2v) is 6.78. The predicted octanol–water partition coefficient (Wildman–Crippen LogP) is 0.517. The van der Waals surface area contributed by atoms with Gasteiger partial charge in [-0.3, -0.25) is 0 Å². The molecule has 8 heteroatoms. The topological polar surface area (TPSA) is 82.8 Å². The molecule has 1 saturated heterocycles. The molecule has 0 amide bonds. The summed E-state index contributed by atoms with van der Waals surface area (Å²) in [5, 5.41) is 8.92. The molecule has 102 valence electrons. The molecule has 2 rings (SSSR count). The molecule has 0 aliphatic carbocycles. The van der Waals surface area contributed by atoms with E-state index >= 15 is 0 Å². The number of likely N-dealkylation sites (N-methyl/N-ethyl adjacent to an activating group) is 1. The lowest BCUT2D eigenvalue weighted by Crippen LogP contribution is -2.36. The summed E-state index contributed by atoms with van der Waals surface area (Å²) in [5.74, 6) is 0.214. The number of aliphatic hydroxyl groups excluding tert-OH is 1. The van der Waals surface area contributed by atoms with Crippen LogP contribution in [0, 0.1) is 0 Å². The summed E-state index contributed by atoms with van der Waals surface area (Å²) in [4.78, 5) is 2.10. The second kappa shape index (κ2) is 5.30. The normalized spacial score (nSPS) is 21.6. The minimum Gasteiger partial charge on any atom is -0.450 e. The maximum Gasteiger partial charge on any atom is 0.245 e. The van der Waals surface area contributed by atoms with Crippen molar-refractivity contribution in [1.82, 2.24) is 9.62 Å². The molecule has 18 heavy (non-hydrogen) atoms. The van der Waals surface area contributed by atoms with Crippen LogP contribution in [0.3, 0.4) is 0 Å². The van der Waals surface area contributed by atoms with Gasteiger partial charge in [-0.25, -0.2) is 13.1 Å². The van der Waals surface area contributed by atoms with Gasteiger partial charge in [0.15, 0.2) is 4.67 Å². The standard InChI is InChI=1S/C10H15BrN2O4S/c1-13-3-2-7(5-13)12-18(15,16)9-4-8(6-14)17-10(9)11/h4,7,12,14H,2-3,5-6H2,1H3. The monoisotopic (exact) mass is 338 g/mol. The van der Waals surface area contributed by atoms with Gasteiger partial charge in [-0.15, -0.1) is 0 Å². The van der Waals surface area contributed by atoms with Gasteiger partial charge in [0.25, 0.3) is 0 Å². The van der Waals surface area contributed by atoms with Gasteiger partial charge in [0.1, 0.15) is 17.3 Å². The maximum atomic E-state index is 12.1. The summed E-state index contributed by atoms with van der Waals surface area (Å²) < 4.78 is 32.1. The van der Waals surface area contributed by atoms with Gasteiger partial charge in [-0.2, -0.15) is 0 Å². The SMILES string of the molecule is CN1CCC(NS(=O)(=O)c2cc(CO)oc2Br)C1. The van der Waals surface area contributed by atoms with E-state index in [2.05, 4.69) is 25.6 Å². The van der Waals surface area contributed by atoms with Crippen molar-refractivity contribution in [3.63, 3.8) is 0 Å². The molecule has 0 spiro atoms. The number of nitrogens with one attached hydrogen (secondary N) is 1. The summed E-state index contributed by atoms with van der Waals surface area (Å²) >= 11 is 3.05. The van der Waals surface area contributed by atoms with Crippen LogP contribution >= 0.6 is 15.9 Å². The smallest absolute Gasteiger partial charge is 0.245 e. The quantitative estimate of drug-likeness (QED) is 0.836. The van der Waals surface area contributed by atoms with Gasteiger partial charge < -0.3 is 14.4 Å². The molecule has 6 nitrogen and oxygen atoms in total. The summed E-state index contributed by atoms with van der Waals surface area (Å²) in [5.41, 5.74) is 0. The Morgan fingerprint density at radius 1 is 1.67 bits per heavy atom. The number of rotatable bonds is 4. The zero-order valence-electron chi connectivity index (χ0n) is 9.89. The van der Waals surface area contributed by atoms with Crippen LogP contribution < -0.4 is 4.72 Å². The van der Waals surface area contributed by atoms with E-state index in [1.807, 2.05) is 7.05 Å². The van der Waals surface area contributed by atoms with Crippen LogP contribution in [0.15, 0.2) is 20.0 Å². The number of hydrogen-bond acceptors (Lipinski definition) is 5. The number of furan rings is 1. The Kier molecular flexibility index (Phi) is 4.12. The van der Waals surface area contributed by atoms with Crippen LogP contribution in [0.5, 0.6) is 0 Å². The maximum absolute atomic E-state index is 12.1. The van der Waals surface area contributed by atoms with Crippen LogP contribution in [0.2, 0.25) is 0 Å². The van der Waals surface area contributed by atoms with E-state index in [4.69, 9.17) is 9.52 Å². The van der Waals surface area contributed by atoms with Gasteiger partial charge in [-0.05, 0) is 35.9 Å². The lowest BCUT2D eigenvalue weighted by atomic mass is 10.3. The number of likely N-dealkylation sites (tertiary alicyclic amines) is 1. The van der Waals surface area contributed by atoms with E-state index in [1.165, 1.54) is 6.07 Å². The van der Waals surface area contributed by atoms with Gasteiger partial charge in [0.2, 0.25) is 10.0 Å². The van der Waals surface area contributed by atoms with E-state index < -0.39 is 10.0 Å². The molecule has 2 N–H and O–H groups in total. The molecule has 1 aromatic heterocycles. The lowest BCUT2D eigenvalue weighted by Gasteiger charge is -2.12. The van der Waals surface area contributed by atoms with Crippen LogP contribution in [-0.4, -0.2) is 44.6 Å². The molecule has 0 bridgehead atoms. The third-order valence-electron chi connectivity index (χ3n) is 2.87. The molecule has 2 heterocycles. The molecule has 0 saturated carbocycles. The fraction of sp³-hybridized carbons (Fsp3) is 0.600. The van der Waals surface area contributed by atoms with Crippen molar-refractivity contribution in [2.75, 3.05) is 20.1 Å². The van der Waals surface area contributed by atoms with Crippen LogP contribution in [-0.2, 0) is 16.6 Å². The highest BCUT2D eigenvalue weighted by Gasteiger charge is 2.28. The van der Waals surface area contributed by atoms with Crippen LogP contribution in [0.25, 0.3) is 0 Å². The lowest BCUT2D eigenvalue weighted by molar-refractivity contribution is 0.245. The van der Waals surface area contributed by atoms with Crippen molar-refractivity contribution < 1.29 is 17.9 Å². The Morgan fingerprint density at radius 2 is 2.39 bits per heavy atom. The molecule has 1 unspecified atom stereocenters. The first kappa shape index (κ1) is 14.0. The molecule has 1 aliphatic heterocycles. The molecule has 1 aliphatic rings. The third kappa shape index (κ3) is 2.94. The molecular weight excluding hydrogens is 324 g/mol. The summed E-state index contributed by atoms with van der Waals surface area (Å²) in [6, 6.07) is 1.24. The minimum atomic E-state index is -3.62. The Bertz CT molecular complexity index is 528. The van der Waals surface area contributed by atoms with Crippen molar-refractivity contribution in [3.05, 3.63) is 16.5 Å². The van der Waals surface area contributed by atoms with Crippen molar-refractivity contribution in [3.8, 4) is 0 Å². The van der Waals surface area contributed by atoms with E-state index in [9.17, 15) is 8.42 Å². The Labute approximate surface area is 114 Å². The van der Waals surface area contributed by atoms with Gasteiger partial charge in [0, 0.05) is 18.7 Å². The van der Waals surface area contributed by atoms with Crippen LogP contribution in [0.1, 0.15) is 12.2 Å². The first-order valence-corrected chi connectivity index (χ1v) is 7.80.